The first kappa shape index (κ1) is 16.8. The van der Waals surface area contributed by atoms with Gasteiger partial charge in [-0.2, -0.15) is 0 Å². The molecular weight excluding hydrogens is 346 g/mol. The van der Waals surface area contributed by atoms with Gasteiger partial charge in [-0.05, 0) is 19.1 Å². The lowest BCUT2D eigenvalue weighted by atomic mass is 10.2. The van der Waals surface area contributed by atoms with Gasteiger partial charge in [0.25, 0.3) is 0 Å². The van der Waals surface area contributed by atoms with E-state index >= 15 is 0 Å². The molecule has 0 saturated heterocycles. The Bertz CT molecular complexity index is 904. The zero-order chi connectivity index (χ0) is 17.8. The molecule has 0 aliphatic rings. The van der Waals surface area contributed by atoms with Crippen molar-refractivity contribution >= 4 is 23.3 Å². The van der Waals surface area contributed by atoms with E-state index in [-0.39, 0.29) is 17.9 Å². The summed E-state index contributed by atoms with van der Waals surface area (Å²) in [7, 11) is 1.26. The molecule has 0 aliphatic heterocycles. The maximum Gasteiger partial charge on any atom is 0.350 e. The maximum atomic E-state index is 12.3. The van der Waals surface area contributed by atoms with E-state index in [1.165, 1.54) is 19.4 Å². The second kappa shape index (κ2) is 7.22. The van der Waals surface area contributed by atoms with Crippen molar-refractivity contribution in [1.29, 1.82) is 0 Å². The summed E-state index contributed by atoms with van der Waals surface area (Å²) in [6, 6.07) is 3.15. The van der Waals surface area contributed by atoms with Crippen LogP contribution in [0.2, 0.25) is 0 Å². The van der Waals surface area contributed by atoms with Gasteiger partial charge in [0, 0.05) is 12.4 Å². The van der Waals surface area contributed by atoms with Crippen LogP contribution in [-0.4, -0.2) is 34.0 Å². The highest BCUT2D eigenvalue weighted by molar-refractivity contribution is 7.16. The lowest BCUT2D eigenvalue weighted by molar-refractivity contribution is 0.0436. The molecule has 25 heavy (non-hydrogen) atoms. The molecule has 0 radical (unpaired) electrons. The number of hydrogen-bond donors (Lipinski definition) is 0. The summed E-state index contributed by atoms with van der Waals surface area (Å²) in [5.41, 5.74) is 0.736. The minimum absolute atomic E-state index is 0.190. The van der Waals surface area contributed by atoms with Crippen LogP contribution >= 0.6 is 11.3 Å². The number of carbonyl (C=O) groups is 2. The van der Waals surface area contributed by atoms with Crippen molar-refractivity contribution in [2.75, 3.05) is 7.11 Å². The summed E-state index contributed by atoms with van der Waals surface area (Å²) < 4.78 is 15.0. The Balaban J connectivity index is 1.73. The Morgan fingerprint density at radius 3 is 2.72 bits per heavy atom. The van der Waals surface area contributed by atoms with Crippen LogP contribution in [0.3, 0.4) is 0 Å². The third-order valence-electron chi connectivity index (χ3n) is 3.22. The number of nitrogens with zero attached hydrogens (tertiary/aromatic N) is 3. The van der Waals surface area contributed by atoms with Gasteiger partial charge >= 0.3 is 11.9 Å². The molecule has 3 heterocycles. The Labute approximate surface area is 146 Å². The van der Waals surface area contributed by atoms with Crippen LogP contribution < -0.4 is 0 Å². The second-order valence-electron chi connectivity index (χ2n) is 4.83. The van der Waals surface area contributed by atoms with Crippen molar-refractivity contribution in [3.05, 3.63) is 52.7 Å². The predicted octanol–water partition coefficient (Wildman–Crippen LogP) is 2.65. The molecule has 0 saturated carbocycles. The van der Waals surface area contributed by atoms with Gasteiger partial charge in [0.2, 0.25) is 0 Å². The molecule has 3 rings (SSSR count). The van der Waals surface area contributed by atoms with E-state index in [1.807, 2.05) is 0 Å². The first-order chi connectivity index (χ1) is 12.1. The molecule has 3 aromatic heterocycles. The van der Waals surface area contributed by atoms with Crippen molar-refractivity contribution in [1.82, 2.24) is 15.0 Å². The van der Waals surface area contributed by atoms with Crippen molar-refractivity contribution in [2.24, 2.45) is 0 Å². The van der Waals surface area contributed by atoms with Gasteiger partial charge in [0.05, 0.1) is 19.1 Å². The first-order valence-electron chi connectivity index (χ1n) is 7.16. The van der Waals surface area contributed by atoms with Gasteiger partial charge in [0.1, 0.15) is 10.4 Å². The Morgan fingerprint density at radius 1 is 1.24 bits per heavy atom. The lowest BCUT2D eigenvalue weighted by Gasteiger charge is -2.03. The molecule has 8 nitrogen and oxygen atoms in total. The quantitative estimate of drug-likeness (QED) is 0.640. The van der Waals surface area contributed by atoms with Crippen molar-refractivity contribution in [3.63, 3.8) is 0 Å². The van der Waals surface area contributed by atoms with Crippen LogP contribution in [-0.2, 0) is 16.1 Å². The Morgan fingerprint density at radius 2 is 2.00 bits per heavy atom. The third-order valence-corrected chi connectivity index (χ3v) is 4.36. The van der Waals surface area contributed by atoms with Crippen LogP contribution in [0.1, 0.15) is 31.5 Å². The molecule has 0 N–H and O–H groups in total. The number of rotatable bonds is 5. The molecular formula is C16H13N3O5S. The number of furan rings is 1. The van der Waals surface area contributed by atoms with E-state index in [1.54, 1.807) is 25.4 Å². The highest BCUT2D eigenvalue weighted by atomic mass is 32.1. The average molecular weight is 359 g/mol. The Hall–Kier alpha value is -3.07. The fourth-order valence-corrected chi connectivity index (χ4v) is 2.94. The molecule has 0 spiro atoms. The molecule has 0 bridgehead atoms. The van der Waals surface area contributed by atoms with Crippen molar-refractivity contribution in [2.45, 2.75) is 13.5 Å². The number of esters is 2. The summed E-state index contributed by atoms with van der Waals surface area (Å²) in [4.78, 5) is 36.7. The fraction of sp³-hybridized carbons (Fsp3) is 0.188. The van der Waals surface area contributed by atoms with Gasteiger partial charge in [-0.15, -0.1) is 11.3 Å². The zero-order valence-electron chi connectivity index (χ0n) is 13.4. The number of aryl methyl sites for hydroxylation is 1. The third kappa shape index (κ3) is 3.56. The SMILES string of the molecule is COC(=O)c1ccoc1COC(=O)c1sc(-c2ncccn2)nc1C. The van der Waals surface area contributed by atoms with E-state index in [4.69, 9.17) is 9.15 Å². The van der Waals surface area contributed by atoms with Crippen LogP contribution in [0.25, 0.3) is 10.8 Å². The zero-order valence-corrected chi connectivity index (χ0v) is 14.2. The van der Waals surface area contributed by atoms with Crippen LogP contribution in [0, 0.1) is 6.92 Å². The topological polar surface area (TPSA) is 104 Å². The minimum Gasteiger partial charge on any atom is -0.465 e. The van der Waals surface area contributed by atoms with Crippen LogP contribution in [0.15, 0.2) is 35.2 Å². The van der Waals surface area contributed by atoms with Crippen molar-refractivity contribution < 1.29 is 23.5 Å². The van der Waals surface area contributed by atoms with Gasteiger partial charge in [-0.25, -0.2) is 24.5 Å². The first-order valence-corrected chi connectivity index (χ1v) is 7.98. The summed E-state index contributed by atoms with van der Waals surface area (Å²) in [5.74, 6) is -0.468. The molecule has 0 atom stereocenters. The number of thiazole rings is 1. The maximum absolute atomic E-state index is 12.3. The van der Waals surface area contributed by atoms with Gasteiger partial charge < -0.3 is 13.9 Å². The van der Waals surface area contributed by atoms with E-state index in [0.29, 0.717) is 21.4 Å². The molecule has 9 heteroatoms. The second-order valence-corrected chi connectivity index (χ2v) is 5.83. The minimum atomic E-state index is -0.565. The molecule has 0 amide bonds. The van der Waals surface area contributed by atoms with Crippen LogP contribution in [0.5, 0.6) is 0 Å². The van der Waals surface area contributed by atoms with Gasteiger partial charge in [0.15, 0.2) is 23.2 Å². The van der Waals surface area contributed by atoms with Crippen molar-refractivity contribution in [3.8, 4) is 10.8 Å². The monoisotopic (exact) mass is 359 g/mol. The van der Waals surface area contributed by atoms with Gasteiger partial charge in [-0.3, -0.25) is 0 Å². The number of carbonyl (C=O) groups excluding carboxylic acids is 2. The highest BCUT2D eigenvalue weighted by Crippen LogP contribution is 2.26. The highest BCUT2D eigenvalue weighted by Gasteiger charge is 2.21. The number of aromatic nitrogens is 3. The average Bonchev–Trinajstić information content (AvgIpc) is 3.26. The molecule has 0 aromatic carbocycles. The molecule has 0 aliphatic carbocycles. The summed E-state index contributed by atoms with van der Waals surface area (Å²) in [5, 5.41) is 0.526. The normalized spacial score (nSPS) is 10.5. The number of hydrogen-bond acceptors (Lipinski definition) is 9. The van der Waals surface area contributed by atoms with E-state index in [0.717, 1.165) is 11.3 Å². The molecule has 0 unspecified atom stereocenters. The number of methoxy groups -OCH3 is 1. The van der Waals surface area contributed by atoms with Gasteiger partial charge in [-0.1, -0.05) is 0 Å². The largest absolute Gasteiger partial charge is 0.465 e. The van der Waals surface area contributed by atoms with E-state index < -0.39 is 11.9 Å². The van der Waals surface area contributed by atoms with E-state index in [9.17, 15) is 9.59 Å². The Kier molecular flexibility index (Phi) is 4.85. The molecule has 128 valence electrons. The summed E-state index contributed by atoms with van der Waals surface area (Å²) in [6.07, 6.45) is 4.53. The molecule has 0 fully saturated rings. The summed E-state index contributed by atoms with van der Waals surface area (Å²) in [6.45, 7) is 1.51. The summed E-state index contributed by atoms with van der Waals surface area (Å²) >= 11 is 1.14. The number of ether oxygens (including phenoxy) is 2. The molecule has 3 aromatic rings. The van der Waals surface area contributed by atoms with Crippen LogP contribution in [0.4, 0.5) is 0 Å². The predicted molar refractivity (Wildman–Crippen MR) is 87.0 cm³/mol. The standard InChI is InChI=1S/C16H13N3O5S/c1-9-12(25-14(19-9)13-17-5-3-6-18-13)16(21)24-8-11-10(4-7-23-11)15(20)22-2/h3-7H,8H2,1-2H3. The van der Waals surface area contributed by atoms with E-state index in [2.05, 4.69) is 19.7 Å². The lowest BCUT2D eigenvalue weighted by Crippen LogP contribution is -2.08. The fourth-order valence-electron chi connectivity index (χ4n) is 2.03. The smallest absolute Gasteiger partial charge is 0.350 e.